The molecular weight excluding hydrogens is 443 g/mol. The Balaban J connectivity index is 1.71. The number of alkyl halides is 2. The molecule has 1 aliphatic rings. The molecule has 2 heterocycles. The Kier molecular flexibility index (Phi) is 5.27. The van der Waals surface area contributed by atoms with Gasteiger partial charge < -0.3 is 5.32 Å². The largest absolute Gasteiger partial charge is 0.320 e. The molecule has 32 heavy (non-hydrogen) atoms. The van der Waals surface area contributed by atoms with E-state index in [9.17, 15) is 22.2 Å². The van der Waals surface area contributed by atoms with Gasteiger partial charge in [0.25, 0.3) is 5.91 Å². The van der Waals surface area contributed by atoms with Crippen LogP contribution in [0.4, 0.5) is 18.9 Å². The van der Waals surface area contributed by atoms with Crippen LogP contribution in [0.1, 0.15) is 30.3 Å². The summed E-state index contributed by atoms with van der Waals surface area (Å²) in [5, 5.41) is 7.65. The summed E-state index contributed by atoms with van der Waals surface area (Å²) >= 11 is 0. The summed E-state index contributed by atoms with van der Waals surface area (Å²) in [5.74, 6) is -3.81. The van der Waals surface area contributed by atoms with Crippen LogP contribution in [0.2, 0.25) is 0 Å². The number of hydrogen-bond acceptors (Lipinski definition) is 5. The van der Waals surface area contributed by atoms with Crippen LogP contribution >= 0.6 is 0 Å². The van der Waals surface area contributed by atoms with Crippen LogP contribution < -0.4 is 5.32 Å². The zero-order valence-electron chi connectivity index (χ0n) is 17.7. The molecule has 1 N–H and O–H groups in total. The topological polar surface area (TPSA) is 89.2 Å². The SMILES string of the molecule is CN=S(C)(=O)c1cc(NC(=O)c2c3ccc(F)cc3nn2CC2(C)CC(F)(F)C2)ccn1. The highest BCUT2D eigenvalue weighted by Crippen LogP contribution is 2.52. The van der Waals surface area contributed by atoms with Gasteiger partial charge in [-0.1, -0.05) is 6.92 Å². The van der Waals surface area contributed by atoms with Crippen molar-refractivity contribution in [3.8, 4) is 0 Å². The fourth-order valence-corrected chi connectivity index (χ4v) is 4.90. The number of fused-ring (bicyclic) bond motifs is 1. The molecule has 1 amide bonds. The van der Waals surface area contributed by atoms with E-state index < -0.39 is 32.8 Å². The van der Waals surface area contributed by atoms with Crippen molar-refractivity contribution in [2.75, 3.05) is 18.6 Å². The van der Waals surface area contributed by atoms with Crippen molar-refractivity contribution in [3.63, 3.8) is 0 Å². The smallest absolute Gasteiger partial charge is 0.274 e. The normalized spacial score (nSPS) is 18.6. The average Bonchev–Trinajstić information content (AvgIpc) is 3.02. The van der Waals surface area contributed by atoms with Gasteiger partial charge in [0.1, 0.15) is 16.5 Å². The number of amides is 1. The lowest BCUT2D eigenvalue weighted by molar-refractivity contribution is -0.159. The van der Waals surface area contributed by atoms with Crippen LogP contribution in [0.15, 0.2) is 45.9 Å². The number of nitrogens with zero attached hydrogens (tertiary/aromatic N) is 4. The maximum Gasteiger partial charge on any atom is 0.274 e. The lowest BCUT2D eigenvalue weighted by atomic mass is 9.67. The predicted octanol–water partition coefficient (Wildman–Crippen LogP) is 4.34. The molecule has 7 nitrogen and oxygen atoms in total. The first-order chi connectivity index (χ1) is 14.9. The molecule has 0 saturated heterocycles. The van der Waals surface area contributed by atoms with E-state index in [0.29, 0.717) is 11.1 Å². The monoisotopic (exact) mass is 465 g/mol. The van der Waals surface area contributed by atoms with Gasteiger partial charge in [-0.2, -0.15) is 5.10 Å². The third-order valence-electron chi connectivity index (χ3n) is 5.55. The highest BCUT2D eigenvalue weighted by atomic mass is 32.2. The Labute approximate surface area is 183 Å². The fraction of sp³-hybridized carbons (Fsp3) is 0.381. The Morgan fingerprint density at radius 1 is 1.28 bits per heavy atom. The Bertz CT molecular complexity index is 1340. The standard InChI is InChI=1S/C21H22F3N5O2S/c1-20(10-21(23,24)11-20)12-29-18(15-5-4-13(22)8-16(15)28-29)19(30)27-14-6-7-26-17(9-14)32(3,31)25-2/h4-9H,10-12H2,1-3H3,(H,26,27,30). The number of nitrogens with one attached hydrogen (secondary N) is 1. The number of anilines is 1. The van der Waals surface area contributed by atoms with Gasteiger partial charge >= 0.3 is 0 Å². The number of aromatic nitrogens is 3. The molecule has 0 bridgehead atoms. The summed E-state index contributed by atoms with van der Waals surface area (Å²) < 4.78 is 58.4. The van der Waals surface area contributed by atoms with E-state index in [-0.39, 0.29) is 35.6 Å². The van der Waals surface area contributed by atoms with Crippen molar-refractivity contribution in [2.45, 2.75) is 37.3 Å². The lowest BCUT2D eigenvalue weighted by Gasteiger charge is -2.44. The van der Waals surface area contributed by atoms with Gasteiger partial charge in [-0.15, -0.1) is 0 Å². The van der Waals surface area contributed by atoms with E-state index in [4.69, 9.17) is 0 Å². The first-order valence-electron chi connectivity index (χ1n) is 9.83. The van der Waals surface area contributed by atoms with Gasteiger partial charge in [0.2, 0.25) is 5.92 Å². The summed E-state index contributed by atoms with van der Waals surface area (Å²) in [7, 11) is -1.29. The molecule has 0 spiro atoms. The Morgan fingerprint density at radius 2 is 2.00 bits per heavy atom. The van der Waals surface area contributed by atoms with Gasteiger partial charge in [-0.25, -0.2) is 26.7 Å². The number of rotatable bonds is 5. The molecule has 170 valence electrons. The molecule has 1 aliphatic carbocycles. The number of hydrogen-bond donors (Lipinski definition) is 1. The second kappa shape index (κ2) is 7.58. The van der Waals surface area contributed by atoms with E-state index in [2.05, 4.69) is 19.8 Å². The highest BCUT2D eigenvalue weighted by Gasteiger charge is 2.54. The average molecular weight is 466 g/mol. The van der Waals surface area contributed by atoms with Crippen LogP contribution in [0, 0.1) is 11.2 Å². The van der Waals surface area contributed by atoms with Crippen molar-refractivity contribution < 1.29 is 22.2 Å². The molecule has 2 aromatic heterocycles. The number of benzene rings is 1. The first-order valence-corrected chi connectivity index (χ1v) is 11.8. The number of carbonyl (C=O) groups excluding carboxylic acids is 1. The second-order valence-electron chi connectivity index (χ2n) is 8.51. The van der Waals surface area contributed by atoms with Gasteiger partial charge in [0, 0.05) is 56.0 Å². The Morgan fingerprint density at radius 3 is 2.66 bits per heavy atom. The molecular formula is C21H22F3N5O2S. The minimum Gasteiger partial charge on any atom is -0.320 e. The van der Waals surface area contributed by atoms with Gasteiger partial charge in [0.05, 0.1) is 15.2 Å². The van der Waals surface area contributed by atoms with Crippen molar-refractivity contribution in [1.29, 1.82) is 0 Å². The molecule has 11 heteroatoms. The zero-order valence-corrected chi connectivity index (χ0v) is 18.5. The highest BCUT2D eigenvalue weighted by molar-refractivity contribution is 7.92. The summed E-state index contributed by atoms with van der Waals surface area (Å²) in [4.78, 5) is 17.3. The minimum absolute atomic E-state index is 0.0841. The van der Waals surface area contributed by atoms with Crippen molar-refractivity contribution in [3.05, 3.63) is 48.0 Å². The second-order valence-corrected chi connectivity index (χ2v) is 10.9. The minimum atomic E-state index is -2.74. The number of halogens is 3. The van der Waals surface area contributed by atoms with Crippen molar-refractivity contribution in [1.82, 2.24) is 14.8 Å². The third kappa shape index (κ3) is 4.21. The van der Waals surface area contributed by atoms with Crippen LogP contribution in [-0.4, -0.2) is 44.1 Å². The van der Waals surface area contributed by atoms with E-state index in [1.54, 1.807) is 6.92 Å². The molecule has 0 radical (unpaired) electrons. The Hall–Kier alpha value is -2.95. The first kappa shape index (κ1) is 22.3. The summed E-state index contributed by atoms with van der Waals surface area (Å²) in [5.41, 5.74) is -0.0179. The van der Waals surface area contributed by atoms with Gasteiger partial charge in [-0.05, 0) is 29.7 Å². The van der Waals surface area contributed by atoms with E-state index in [1.165, 1.54) is 54.5 Å². The molecule has 1 aromatic carbocycles. The predicted molar refractivity (Wildman–Crippen MR) is 115 cm³/mol. The third-order valence-corrected chi connectivity index (χ3v) is 7.24. The quantitative estimate of drug-likeness (QED) is 0.607. The summed E-state index contributed by atoms with van der Waals surface area (Å²) in [6.45, 7) is 1.79. The fourth-order valence-electron chi connectivity index (χ4n) is 4.11. The molecule has 3 aromatic rings. The van der Waals surface area contributed by atoms with Crippen LogP contribution in [-0.2, 0) is 16.3 Å². The summed E-state index contributed by atoms with van der Waals surface area (Å²) in [6, 6.07) is 6.84. The van der Waals surface area contributed by atoms with Crippen molar-refractivity contribution >= 4 is 32.2 Å². The molecule has 4 rings (SSSR count). The molecule has 1 unspecified atom stereocenters. The van der Waals surface area contributed by atoms with Crippen molar-refractivity contribution in [2.24, 2.45) is 9.78 Å². The maximum absolute atomic E-state index is 13.7. The van der Waals surface area contributed by atoms with E-state index >= 15 is 0 Å². The maximum atomic E-state index is 13.7. The van der Waals surface area contributed by atoms with E-state index in [1.807, 2.05) is 0 Å². The van der Waals surface area contributed by atoms with Crippen LogP contribution in [0.5, 0.6) is 0 Å². The van der Waals surface area contributed by atoms with Crippen LogP contribution in [0.3, 0.4) is 0 Å². The molecule has 0 aliphatic heterocycles. The molecule has 1 atom stereocenters. The van der Waals surface area contributed by atoms with E-state index in [0.717, 1.165) is 0 Å². The van der Waals surface area contributed by atoms with Gasteiger partial charge in [0.15, 0.2) is 0 Å². The number of pyridine rings is 1. The number of carbonyl (C=O) groups is 1. The van der Waals surface area contributed by atoms with Gasteiger partial charge in [-0.3, -0.25) is 9.48 Å². The summed E-state index contributed by atoms with van der Waals surface area (Å²) in [6.07, 6.45) is 2.21. The van der Waals surface area contributed by atoms with Crippen LogP contribution in [0.25, 0.3) is 10.9 Å². The molecule has 1 fully saturated rings. The molecule has 1 saturated carbocycles. The zero-order chi connectivity index (χ0) is 23.3. The lowest BCUT2D eigenvalue weighted by Crippen LogP contribution is -2.47.